The number of benzene rings is 1. The van der Waals surface area contributed by atoms with Crippen LogP contribution in [-0.2, 0) is 9.84 Å². The van der Waals surface area contributed by atoms with E-state index in [2.05, 4.69) is 0 Å². The van der Waals surface area contributed by atoms with Gasteiger partial charge in [-0.15, -0.1) is 0 Å². The second-order valence-electron chi connectivity index (χ2n) is 3.99. The summed E-state index contributed by atoms with van der Waals surface area (Å²) in [5.41, 5.74) is 1.36. The van der Waals surface area contributed by atoms with Crippen LogP contribution >= 0.6 is 0 Å². The summed E-state index contributed by atoms with van der Waals surface area (Å²) in [5, 5.41) is 8.71. The van der Waals surface area contributed by atoms with Crippen LogP contribution in [0.4, 0.5) is 0 Å². The summed E-state index contributed by atoms with van der Waals surface area (Å²) in [6, 6.07) is 3.41. The van der Waals surface area contributed by atoms with Crippen LogP contribution in [0.5, 0.6) is 5.75 Å². The molecule has 0 saturated heterocycles. The fourth-order valence-corrected chi connectivity index (χ4v) is 3.69. The minimum atomic E-state index is -3.32. The third-order valence-corrected chi connectivity index (χ3v) is 4.64. The van der Waals surface area contributed by atoms with Crippen molar-refractivity contribution in [2.75, 3.05) is 19.5 Å². The van der Waals surface area contributed by atoms with Crippen LogP contribution in [0.2, 0.25) is 0 Å². The molecule has 0 fully saturated rings. The molecule has 0 aromatic heterocycles. The summed E-state index contributed by atoms with van der Waals surface area (Å²) in [5.74, 6) is 0.624. The molecule has 0 unspecified atom stereocenters. The van der Waals surface area contributed by atoms with Crippen LogP contribution in [0.15, 0.2) is 17.0 Å². The van der Waals surface area contributed by atoms with Crippen molar-refractivity contribution in [1.82, 2.24) is 0 Å². The van der Waals surface area contributed by atoms with Gasteiger partial charge in [0.25, 0.3) is 0 Å². The average Bonchev–Trinajstić information content (AvgIpc) is 2.25. The van der Waals surface area contributed by atoms with Gasteiger partial charge >= 0.3 is 0 Å². The zero-order valence-corrected chi connectivity index (χ0v) is 11.2. The van der Waals surface area contributed by atoms with Crippen LogP contribution in [0, 0.1) is 13.8 Å². The Bertz CT molecular complexity index is 468. The molecule has 0 bridgehead atoms. The van der Waals surface area contributed by atoms with Crippen molar-refractivity contribution in [3.8, 4) is 5.75 Å². The van der Waals surface area contributed by atoms with Gasteiger partial charge in [-0.1, -0.05) is 0 Å². The predicted octanol–water partition coefficient (Wildman–Crippen LogP) is 1.47. The first-order chi connectivity index (χ1) is 7.92. The first kappa shape index (κ1) is 14.0. The van der Waals surface area contributed by atoms with Gasteiger partial charge in [-0.05, 0) is 43.5 Å². The molecule has 0 saturated carbocycles. The molecule has 5 heteroatoms. The number of hydrogen-bond donors (Lipinski definition) is 1. The highest BCUT2D eigenvalue weighted by molar-refractivity contribution is 7.91. The Balaban J connectivity index is 3.23. The number of sulfone groups is 1. The maximum Gasteiger partial charge on any atom is 0.178 e. The molecule has 1 aromatic rings. The topological polar surface area (TPSA) is 63.6 Å². The quantitative estimate of drug-likeness (QED) is 0.868. The number of rotatable bonds is 5. The molecule has 0 aliphatic heterocycles. The van der Waals surface area contributed by atoms with Gasteiger partial charge in [-0.25, -0.2) is 8.42 Å². The minimum Gasteiger partial charge on any atom is -0.497 e. The van der Waals surface area contributed by atoms with E-state index in [1.807, 2.05) is 0 Å². The summed E-state index contributed by atoms with van der Waals surface area (Å²) >= 11 is 0. The Kier molecular flexibility index (Phi) is 4.54. The number of ether oxygens (including phenoxy) is 1. The maximum absolute atomic E-state index is 12.1. The second kappa shape index (κ2) is 5.51. The number of hydrogen-bond acceptors (Lipinski definition) is 4. The second-order valence-corrected chi connectivity index (χ2v) is 6.03. The average molecular weight is 258 g/mol. The first-order valence-corrected chi connectivity index (χ1v) is 7.06. The number of aliphatic hydroxyl groups excluding tert-OH is 1. The Morgan fingerprint density at radius 2 is 1.76 bits per heavy atom. The van der Waals surface area contributed by atoms with Crippen LogP contribution in [0.1, 0.15) is 17.5 Å². The lowest BCUT2D eigenvalue weighted by Gasteiger charge is -2.12. The zero-order chi connectivity index (χ0) is 13.1. The standard InChI is InChI=1S/C12H18O4S/c1-9-7-11(16-3)8-10(2)12(9)17(14,15)6-4-5-13/h7-8,13H,4-6H2,1-3H3. The van der Waals surface area contributed by atoms with E-state index >= 15 is 0 Å². The molecule has 0 spiro atoms. The SMILES string of the molecule is COc1cc(C)c(S(=O)(=O)CCCO)c(C)c1. The van der Waals surface area contributed by atoms with E-state index in [0.29, 0.717) is 21.8 Å². The molecular weight excluding hydrogens is 240 g/mol. The van der Waals surface area contributed by atoms with Crippen molar-refractivity contribution in [1.29, 1.82) is 0 Å². The third-order valence-electron chi connectivity index (χ3n) is 2.55. The number of methoxy groups -OCH3 is 1. The number of aryl methyl sites for hydroxylation is 2. The summed E-state index contributed by atoms with van der Waals surface area (Å²) in [7, 11) is -1.77. The third kappa shape index (κ3) is 3.20. The molecule has 0 heterocycles. The molecule has 17 heavy (non-hydrogen) atoms. The summed E-state index contributed by atoms with van der Waals surface area (Å²) in [4.78, 5) is 0.353. The maximum atomic E-state index is 12.1. The lowest BCUT2D eigenvalue weighted by molar-refractivity contribution is 0.295. The molecule has 4 nitrogen and oxygen atoms in total. The molecule has 0 radical (unpaired) electrons. The van der Waals surface area contributed by atoms with Gasteiger partial charge in [-0.3, -0.25) is 0 Å². The van der Waals surface area contributed by atoms with Crippen molar-refractivity contribution < 1.29 is 18.3 Å². The van der Waals surface area contributed by atoms with E-state index < -0.39 is 9.84 Å². The lowest BCUT2D eigenvalue weighted by atomic mass is 10.1. The highest BCUT2D eigenvalue weighted by Crippen LogP contribution is 2.26. The van der Waals surface area contributed by atoms with Gasteiger partial charge in [0, 0.05) is 6.61 Å². The molecular formula is C12H18O4S. The molecule has 0 aliphatic carbocycles. The molecule has 1 N–H and O–H groups in total. The summed E-state index contributed by atoms with van der Waals surface area (Å²) in [6.45, 7) is 3.39. The molecule has 96 valence electrons. The molecule has 1 rings (SSSR count). The Morgan fingerprint density at radius 3 is 2.18 bits per heavy atom. The lowest BCUT2D eigenvalue weighted by Crippen LogP contribution is -2.11. The molecule has 1 aromatic carbocycles. The number of aliphatic hydroxyl groups is 1. The van der Waals surface area contributed by atoms with Gasteiger partial charge in [-0.2, -0.15) is 0 Å². The molecule has 0 amide bonds. The Morgan fingerprint density at radius 1 is 1.24 bits per heavy atom. The zero-order valence-electron chi connectivity index (χ0n) is 10.4. The Hall–Kier alpha value is -1.07. The van der Waals surface area contributed by atoms with Gasteiger partial charge < -0.3 is 9.84 Å². The van der Waals surface area contributed by atoms with Gasteiger partial charge in [0.15, 0.2) is 9.84 Å². The molecule has 0 atom stereocenters. The highest BCUT2D eigenvalue weighted by atomic mass is 32.2. The Labute approximate surface area is 102 Å². The van der Waals surface area contributed by atoms with E-state index in [0.717, 1.165) is 0 Å². The van der Waals surface area contributed by atoms with Gasteiger partial charge in [0.2, 0.25) is 0 Å². The van der Waals surface area contributed by atoms with Crippen LogP contribution in [0.25, 0.3) is 0 Å². The highest BCUT2D eigenvalue weighted by Gasteiger charge is 2.19. The predicted molar refractivity (Wildman–Crippen MR) is 66.2 cm³/mol. The fourth-order valence-electron chi connectivity index (χ4n) is 1.88. The fraction of sp³-hybridized carbons (Fsp3) is 0.500. The largest absolute Gasteiger partial charge is 0.497 e. The van der Waals surface area contributed by atoms with E-state index in [1.165, 1.54) is 0 Å². The smallest absolute Gasteiger partial charge is 0.178 e. The molecule has 0 aliphatic rings. The van der Waals surface area contributed by atoms with Gasteiger partial charge in [0.05, 0.1) is 17.8 Å². The van der Waals surface area contributed by atoms with Gasteiger partial charge in [0.1, 0.15) is 5.75 Å². The summed E-state index contributed by atoms with van der Waals surface area (Å²) in [6.07, 6.45) is 0.257. The van der Waals surface area contributed by atoms with Crippen molar-refractivity contribution in [2.45, 2.75) is 25.2 Å². The monoisotopic (exact) mass is 258 g/mol. The van der Waals surface area contributed by atoms with E-state index in [9.17, 15) is 8.42 Å². The van der Waals surface area contributed by atoms with E-state index in [-0.39, 0.29) is 18.8 Å². The van der Waals surface area contributed by atoms with Crippen LogP contribution in [-0.4, -0.2) is 33.0 Å². The van der Waals surface area contributed by atoms with Crippen molar-refractivity contribution in [3.63, 3.8) is 0 Å². The van der Waals surface area contributed by atoms with Crippen molar-refractivity contribution in [3.05, 3.63) is 23.3 Å². The van der Waals surface area contributed by atoms with Crippen LogP contribution < -0.4 is 4.74 Å². The first-order valence-electron chi connectivity index (χ1n) is 5.41. The minimum absolute atomic E-state index is 0.0302. The van der Waals surface area contributed by atoms with Crippen molar-refractivity contribution >= 4 is 9.84 Å². The van der Waals surface area contributed by atoms with E-state index in [4.69, 9.17) is 9.84 Å². The summed E-state index contributed by atoms with van der Waals surface area (Å²) < 4.78 is 29.3. The van der Waals surface area contributed by atoms with Crippen molar-refractivity contribution in [2.24, 2.45) is 0 Å². The van der Waals surface area contributed by atoms with E-state index in [1.54, 1.807) is 33.1 Å². The van der Waals surface area contributed by atoms with Crippen LogP contribution in [0.3, 0.4) is 0 Å². The normalized spacial score (nSPS) is 11.5.